The standard InChI is InChI=1S/C25H25ClN4O3S3/c1-16-12-20-21(13-17(16)2)34-25(28-20)30(15-19-7-3-4-10-27-19)24(31)18-6-5-11-29(14-18)36(32,33)23-9-8-22(26)35-23/h3-4,7-10,12-13,18H,5-6,11,14-15H2,1-2H3. The zero-order valence-electron chi connectivity index (χ0n) is 19.8. The van der Waals surface area contributed by atoms with Crippen LogP contribution in [0.2, 0.25) is 4.34 Å². The first-order valence-corrected chi connectivity index (χ1v) is 15.0. The first-order chi connectivity index (χ1) is 17.2. The topological polar surface area (TPSA) is 83.5 Å². The van der Waals surface area contributed by atoms with Crippen LogP contribution in [0.4, 0.5) is 5.13 Å². The fourth-order valence-electron chi connectivity index (χ4n) is 4.32. The lowest BCUT2D eigenvalue weighted by molar-refractivity contribution is -0.123. The molecule has 1 atom stereocenters. The van der Waals surface area contributed by atoms with Crippen LogP contribution in [0.15, 0.2) is 52.9 Å². The number of carbonyl (C=O) groups excluding carboxylic acids is 1. The predicted octanol–water partition coefficient (Wildman–Crippen LogP) is 5.66. The second kappa shape index (κ2) is 10.2. The SMILES string of the molecule is Cc1cc2nc(N(Cc3ccccn3)C(=O)C3CCCN(S(=O)(=O)c4ccc(Cl)s4)C3)sc2cc1C. The number of thiophene rings is 1. The number of benzene rings is 1. The Morgan fingerprint density at radius 1 is 1.17 bits per heavy atom. The van der Waals surface area contributed by atoms with Gasteiger partial charge >= 0.3 is 0 Å². The van der Waals surface area contributed by atoms with E-state index in [2.05, 4.69) is 18.0 Å². The number of nitrogens with zero attached hydrogens (tertiary/aromatic N) is 4. The third kappa shape index (κ3) is 5.05. The van der Waals surface area contributed by atoms with Crippen molar-refractivity contribution in [3.05, 3.63) is 69.8 Å². The highest BCUT2D eigenvalue weighted by Crippen LogP contribution is 2.35. The van der Waals surface area contributed by atoms with E-state index in [0.29, 0.717) is 28.9 Å². The highest BCUT2D eigenvalue weighted by atomic mass is 35.5. The second-order valence-electron chi connectivity index (χ2n) is 8.91. The quantitative estimate of drug-likeness (QED) is 0.304. The van der Waals surface area contributed by atoms with Crippen molar-refractivity contribution in [3.8, 4) is 0 Å². The average Bonchev–Trinajstić information content (AvgIpc) is 3.49. The minimum absolute atomic E-state index is 0.124. The molecule has 0 radical (unpaired) electrons. The van der Waals surface area contributed by atoms with Gasteiger partial charge in [-0.1, -0.05) is 29.0 Å². The lowest BCUT2D eigenvalue weighted by Gasteiger charge is -2.33. The number of hydrogen-bond donors (Lipinski definition) is 0. The molecule has 0 bridgehead atoms. The number of aromatic nitrogens is 2. The molecular formula is C25H25ClN4O3S3. The van der Waals surface area contributed by atoms with Crippen molar-refractivity contribution < 1.29 is 13.2 Å². The second-order valence-corrected chi connectivity index (χ2v) is 13.8. The summed E-state index contributed by atoms with van der Waals surface area (Å²) in [5, 5.41) is 0.593. The molecule has 1 fully saturated rings. The number of halogens is 1. The molecule has 0 spiro atoms. The van der Waals surface area contributed by atoms with E-state index in [1.54, 1.807) is 17.2 Å². The number of piperidine rings is 1. The van der Waals surface area contributed by atoms with E-state index < -0.39 is 15.9 Å². The molecule has 1 amide bonds. The van der Waals surface area contributed by atoms with Gasteiger partial charge in [-0.15, -0.1) is 11.3 Å². The molecule has 188 valence electrons. The molecule has 1 aromatic carbocycles. The third-order valence-corrected chi connectivity index (χ3v) is 11.0. The minimum atomic E-state index is -3.72. The minimum Gasteiger partial charge on any atom is -0.282 e. The molecule has 4 heterocycles. The fourth-order valence-corrected chi connectivity index (χ4v) is 8.53. The smallest absolute Gasteiger partial charge is 0.252 e. The van der Waals surface area contributed by atoms with Crippen molar-refractivity contribution in [2.45, 2.75) is 37.4 Å². The number of hydrogen-bond acceptors (Lipinski definition) is 7. The maximum absolute atomic E-state index is 14.0. The molecule has 0 saturated carbocycles. The van der Waals surface area contributed by atoms with Crippen LogP contribution in [-0.4, -0.2) is 41.7 Å². The van der Waals surface area contributed by atoms with Gasteiger partial charge in [-0.2, -0.15) is 4.31 Å². The summed E-state index contributed by atoms with van der Waals surface area (Å²) >= 11 is 8.49. The van der Waals surface area contributed by atoms with Crippen molar-refractivity contribution in [1.82, 2.24) is 14.3 Å². The average molecular weight is 561 g/mol. The van der Waals surface area contributed by atoms with Crippen LogP contribution in [-0.2, 0) is 21.4 Å². The summed E-state index contributed by atoms with van der Waals surface area (Å²) in [7, 11) is -3.72. The van der Waals surface area contributed by atoms with Crippen molar-refractivity contribution in [1.29, 1.82) is 0 Å². The van der Waals surface area contributed by atoms with E-state index in [1.807, 2.05) is 31.2 Å². The number of rotatable bonds is 6. The van der Waals surface area contributed by atoms with E-state index in [0.717, 1.165) is 32.8 Å². The van der Waals surface area contributed by atoms with E-state index >= 15 is 0 Å². The van der Waals surface area contributed by atoms with Gasteiger partial charge in [0.05, 0.1) is 32.7 Å². The lowest BCUT2D eigenvalue weighted by atomic mass is 9.98. The summed E-state index contributed by atoms with van der Waals surface area (Å²) < 4.78 is 29.5. The number of fused-ring (bicyclic) bond motifs is 1. The van der Waals surface area contributed by atoms with Crippen molar-refractivity contribution in [2.24, 2.45) is 5.92 Å². The highest BCUT2D eigenvalue weighted by Gasteiger charge is 2.37. The first-order valence-electron chi connectivity index (χ1n) is 11.6. The third-order valence-electron chi connectivity index (χ3n) is 6.41. The molecule has 1 aliphatic heterocycles. The maximum Gasteiger partial charge on any atom is 0.252 e. The van der Waals surface area contributed by atoms with E-state index in [-0.39, 0.29) is 23.2 Å². The van der Waals surface area contributed by atoms with Crippen molar-refractivity contribution in [2.75, 3.05) is 18.0 Å². The lowest BCUT2D eigenvalue weighted by Crippen LogP contribution is -2.46. The number of pyridine rings is 1. The van der Waals surface area contributed by atoms with Crippen LogP contribution in [0, 0.1) is 19.8 Å². The summed E-state index contributed by atoms with van der Waals surface area (Å²) in [6.45, 7) is 4.87. The number of amides is 1. The van der Waals surface area contributed by atoms with Gasteiger partial charge in [0.25, 0.3) is 10.0 Å². The monoisotopic (exact) mass is 560 g/mol. The highest BCUT2D eigenvalue weighted by molar-refractivity contribution is 7.91. The van der Waals surface area contributed by atoms with Crippen molar-refractivity contribution >= 4 is 65.6 Å². The molecule has 0 aliphatic carbocycles. The Hall–Kier alpha value is -2.37. The molecule has 7 nitrogen and oxygen atoms in total. The number of carbonyl (C=O) groups is 1. The van der Waals surface area contributed by atoms with Gasteiger partial charge in [-0.05, 0) is 74.2 Å². The van der Waals surface area contributed by atoms with E-state index in [1.165, 1.54) is 27.3 Å². The summed E-state index contributed by atoms with van der Waals surface area (Å²) in [6, 6.07) is 12.8. The van der Waals surface area contributed by atoms with Crippen LogP contribution in [0.1, 0.15) is 29.7 Å². The molecular weight excluding hydrogens is 536 g/mol. The summed E-state index contributed by atoms with van der Waals surface area (Å²) in [4.78, 5) is 24.8. The number of aryl methyl sites for hydroxylation is 2. The molecule has 11 heteroatoms. The molecule has 0 N–H and O–H groups in total. The van der Waals surface area contributed by atoms with Gasteiger partial charge in [-0.25, -0.2) is 13.4 Å². The molecule has 1 unspecified atom stereocenters. The summed E-state index contributed by atoms with van der Waals surface area (Å²) in [5.74, 6) is -0.625. The Morgan fingerprint density at radius 2 is 1.97 bits per heavy atom. The molecule has 1 saturated heterocycles. The normalized spacial score (nSPS) is 16.9. The molecule has 3 aromatic heterocycles. The van der Waals surface area contributed by atoms with Crippen molar-refractivity contribution in [3.63, 3.8) is 0 Å². The van der Waals surface area contributed by atoms with Crippen LogP contribution < -0.4 is 4.90 Å². The Morgan fingerprint density at radius 3 is 2.69 bits per heavy atom. The molecule has 4 aromatic rings. The Bertz CT molecular complexity index is 1480. The largest absolute Gasteiger partial charge is 0.282 e. The Labute approximate surface area is 223 Å². The van der Waals surface area contributed by atoms with Crippen LogP contribution >= 0.6 is 34.3 Å². The maximum atomic E-state index is 14.0. The number of thiazole rings is 1. The zero-order valence-corrected chi connectivity index (χ0v) is 23.1. The van der Waals surface area contributed by atoms with Gasteiger partial charge < -0.3 is 0 Å². The van der Waals surface area contributed by atoms with Gasteiger partial charge in [0.2, 0.25) is 5.91 Å². The Kier molecular flexibility index (Phi) is 7.15. The number of sulfonamides is 1. The van der Waals surface area contributed by atoms with E-state index in [4.69, 9.17) is 16.6 Å². The summed E-state index contributed by atoms with van der Waals surface area (Å²) in [6.07, 6.45) is 2.91. The van der Waals surface area contributed by atoms with Gasteiger partial charge in [0.1, 0.15) is 4.21 Å². The van der Waals surface area contributed by atoms with Crippen LogP contribution in [0.3, 0.4) is 0 Å². The fraction of sp³-hybridized carbons (Fsp3) is 0.320. The molecule has 5 rings (SSSR count). The molecule has 36 heavy (non-hydrogen) atoms. The van der Waals surface area contributed by atoms with Crippen LogP contribution in [0.25, 0.3) is 10.2 Å². The summed E-state index contributed by atoms with van der Waals surface area (Å²) in [5.41, 5.74) is 3.90. The number of anilines is 1. The van der Waals surface area contributed by atoms with Gasteiger partial charge in [-0.3, -0.25) is 14.7 Å². The zero-order chi connectivity index (χ0) is 25.4. The van der Waals surface area contributed by atoms with Gasteiger partial charge in [0, 0.05) is 19.3 Å². The predicted molar refractivity (Wildman–Crippen MR) is 145 cm³/mol. The van der Waals surface area contributed by atoms with Gasteiger partial charge in [0.15, 0.2) is 5.13 Å². The van der Waals surface area contributed by atoms with E-state index in [9.17, 15) is 13.2 Å². The van der Waals surface area contributed by atoms with Crippen LogP contribution in [0.5, 0.6) is 0 Å². The molecule has 1 aliphatic rings. The Balaban J connectivity index is 1.46. The first kappa shape index (κ1) is 25.3.